The van der Waals surface area contributed by atoms with Crippen LogP contribution in [0.15, 0.2) is 54.6 Å². The highest BCUT2D eigenvalue weighted by Crippen LogP contribution is 2.48. The van der Waals surface area contributed by atoms with Gasteiger partial charge in [-0.25, -0.2) is 0 Å². The van der Waals surface area contributed by atoms with Crippen molar-refractivity contribution in [3.8, 4) is 0 Å². The minimum atomic E-state index is 0.252. The second-order valence-electron chi connectivity index (χ2n) is 6.40. The Hall–Kier alpha value is -1.56. The monoisotopic (exact) mass is 264 g/mol. The van der Waals surface area contributed by atoms with Gasteiger partial charge in [-0.2, -0.15) is 0 Å². The molecule has 2 aromatic rings. The second-order valence-corrected chi connectivity index (χ2v) is 6.40. The average molecular weight is 264 g/mol. The second kappa shape index (κ2) is 5.44. The van der Waals surface area contributed by atoms with Crippen molar-refractivity contribution in [1.29, 1.82) is 0 Å². The van der Waals surface area contributed by atoms with Crippen LogP contribution in [0.4, 0.5) is 0 Å². The molecular weight excluding hydrogens is 240 g/mol. The number of benzene rings is 2. The Bertz CT molecular complexity index is 560. The molecular formula is C20H24. The predicted octanol–water partition coefficient (Wildman–Crippen LogP) is 5.67. The first-order valence-corrected chi connectivity index (χ1v) is 7.89. The largest absolute Gasteiger partial charge is 0.0622 e. The Morgan fingerprint density at radius 2 is 1.40 bits per heavy atom. The molecule has 0 radical (unpaired) electrons. The minimum Gasteiger partial charge on any atom is -0.0622 e. The van der Waals surface area contributed by atoms with Crippen molar-refractivity contribution in [3.63, 3.8) is 0 Å². The summed E-state index contributed by atoms with van der Waals surface area (Å²) in [6.45, 7) is 4.62. The van der Waals surface area contributed by atoms with Crippen molar-refractivity contribution in [3.05, 3.63) is 71.3 Å². The van der Waals surface area contributed by atoms with Crippen LogP contribution in [-0.2, 0) is 5.41 Å². The molecule has 0 unspecified atom stereocenters. The van der Waals surface area contributed by atoms with Crippen LogP contribution in [0.25, 0.3) is 0 Å². The Kier molecular flexibility index (Phi) is 3.65. The summed E-state index contributed by atoms with van der Waals surface area (Å²) in [5.74, 6) is 0.590. The van der Waals surface area contributed by atoms with Crippen molar-refractivity contribution in [2.24, 2.45) is 0 Å². The van der Waals surface area contributed by atoms with Gasteiger partial charge >= 0.3 is 0 Å². The molecule has 0 amide bonds. The summed E-state index contributed by atoms with van der Waals surface area (Å²) < 4.78 is 0. The van der Waals surface area contributed by atoms with Gasteiger partial charge in [0, 0.05) is 5.41 Å². The van der Waals surface area contributed by atoms with Gasteiger partial charge in [0.05, 0.1) is 0 Å². The molecule has 0 aromatic heterocycles. The number of hydrogen-bond donors (Lipinski definition) is 0. The molecule has 0 saturated heterocycles. The molecule has 0 bridgehead atoms. The highest BCUT2D eigenvalue weighted by molar-refractivity contribution is 5.45. The first-order chi connectivity index (χ1) is 9.74. The molecule has 0 spiro atoms. The molecule has 1 fully saturated rings. The molecule has 0 aliphatic heterocycles. The summed E-state index contributed by atoms with van der Waals surface area (Å²) in [5.41, 5.74) is 4.85. The maximum absolute atomic E-state index is 2.37. The Morgan fingerprint density at radius 1 is 0.800 bits per heavy atom. The third-order valence-electron chi connectivity index (χ3n) is 4.88. The maximum atomic E-state index is 2.37. The van der Waals surface area contributed by atoms with E-state index in [0.29, 0.717) is 5.92 Å². The molecule has 3 rings (SSSR count). The average Bonchev–Trinajstić information content (AvgIpc) is 2.99. The lowest BCUT2D eigenvalue weighted by molar-refractivity contribution is 0.526. The van der Waals surface area contributed by atoms with E-state index in [4.69, 9.17) is 0 Å². The highest BCUT2D eigenvalue weighted by Gasteiger charge is 2.38. The van der Waals surface area contributed by atoms with Crippen molar-refractivity contribution >= 4 is 0 Å². The molecule has 20 heavy (non-hydrogen) atoms. The zero-order valence-electron chi connectivity index (χ0n) is 12.6. The molecule has 0 N–H and O–H groups in total. The smallest absolute Gasteiger partial charge is 0.0205 e. The van der Waals surface area contributed by atoms with E-state index in [1.54, 1.807) is 5.56 Å². The standard InChI is InChI=1S/C20H24/c1-16(2)18-12-6-7-13-19(18)20(14-8-9-15-20)17-10-4-3-5-11-17/h3-7,10-13,16H,8-9,14-15H2,1-2H3. The fourth-order valence-corrected chi connectivity index (χ4v) is 3.89. The van der Waals surface area contributed by atoms with Crippen molar-refractivity contribution in [2.75, 3.05) is 0 Å². The van der Waals surface area contributed by atoms with E-state index in [1.165, 1.54) is 36.8 Å². The molecule has 104 valence electrons. The molecule has 1 aliphatic rings. The van der Waals surface area contributed by atoms with Gasteiger partial charge in [-0.1, -0.05) is 81.3 Å². The fraction of sp³-hybridized carbons (Fsp3) is 0.400. The summed E-state index contributed by atoms with van der Waals surface area (Å²) >= 11 is 0. The topological polar surface area (TPSA) is 0 Å². The molecule has 1 aliphatic carbocycles. The predicted molar refractivity (Wildman–Crippen MR) is 86.2 cm³/mol. The van der Waals surface area contributed by atoms with Crippen LogP contribution < -0.4 is 0 Å². The highest BCUT2D eigenvalue weighted by atomic mass is 14.4. The van der Waals surface area contributed by atoms with E-state index in [9.17, 15) is 0 Å². The Labute approximate surface area is 122 Å². The maximum Gasteiger partial charge on any atom is 0.0205 e. The van der Waals surface area contributed by atoms with Gasteiger partial charge in [0.15, 0.2) is 0 Å². The summed E-state index contributed by atoms with van der Waals surface area (Å²) in [4.78, 5) is 0. The number of rotatable bonds is 3. The zero-order valence-corrected chi connectivity index (χ0v) is 12.6. The van der Waals surface area contributed by atoms with Gasteiger partial charge in [-0.3, -0.25) is 0 Å². The zero-order chi connectivity index (χ0) is 14.0. The summed E-state index contributed by atoms with van der Waals surface area (Å²) in [6, 6.07) is 20.2. The van der Waals surface area contributed by atoms with Crippen molar-refractivity contribution in [1.82, 2.24) is 0 Å². The quantitative estimate of drug-likeness (QED) is 0.670. The summed E-state index contributed by atoms with van der Waals surface area (Å²) in [7, 11) is 0. The minimum absolute atomic E-state index is 0.252. The van der Waals surface area contributed by atoms with E-state index in [0.717, 1.165) is 0 Å². The molecule has 0 heteroatoms. The van der Waals surface area contributed by atoms with Crippen LogP contribution in [-0.4, -0.2) is 0 Å². The summed E-state index contributed by atoms with van der Waals surface area (Å²) in [5, 5.41) is 0. The van der Waals surface area contributed by atoms with Gasteiger partial charge in [-0.05, 0) is 35.4 Å². The Morgan fingerprint density at radius 3 is 2.05 bits per heavy atom. The van der Waals surface area contributed by atoms with Crippen LogP contribution in [0.1, 0.15) is 62.1 Å². The lowest BCUT2D eigenvalue weighted by atomic mass is 9.70. The lowest BCUT2D eigenvalue weighted by Crippen LogP contribution is -2.25. The van der Waals surface area contributed by atoms with Crippen LogP contribution >= 0.6 is 0 Å². The van der Waals surface area contributed by atoms with Crippen LogP contribution in [0.2, 0.25) is 0 Å². The SMILES string of the molecule is CC(C)c1ccccc1C1(c2ccccc2)CCCC1. The molecule has 0 atom stereocenters. The van der Waals surface area contributed by atoms with E-state index in [1.807, 2.05) is 0 Å². The molecule has 0 heterocycles. The van der Waals surface area contributed by atoms with Gasteiger partial charge in [0.1, 0.15) is 0 Å². The third-order valence-corrected chi connectivity index (χ3v) is 4.88. The Balaban J connectivity index is 2.18. The van der Waals surface area contributed by atoms with Gasteiger partial charge in [-0.15, -0.1) is 0 Å². The summed E-state index contributed by atoms with van der Waals surface area (Å²) in [6.07, 6.45) is 5.28. The van der Waals surface area contributed by atoms with E-state index in [-0.39, 0.29) is 5.41 Å². The van der Waals surface area contributed by atoms with Gasteiger partial charge in [0.2, 0.25) is 0 Å². The van der Waals surface area contributed by atoms with Crippen LogP contribution in [0.3, 0.4) is 0 Å². The molecule has 1 saturated carbocycles. The van der Waals surface area contributed by atoms with Gasteiger partial charge < -0.3 is 0 Å². The van der Waals surface area contributed by atoms with Crippen molar-refractivity contribution < 1.29 is 0 Å². The van der Waals surface area contributed by atoms with E-state index in [2.05, 4.69) is 68.4 Å². The third kappa shape index (κ3) is 2.18. The van der Waals surface area contributed by atoms with Crippen molar-refractivity contribution in [2.45, 2.75) is 50.9 Å². The normalized spacial score (nSPS) is 17.6. The first-order valence-electron chi connectivity index (χ1n) is 7.89. The lowest BCUT2D eigenvalue weighted by Gasteiger charge is -2.33. The number of hydrogen-bond acceptors (Lipinski definition) is 0. The van der Waals surface area contributed by atoms with Crippen LogP contribution in [0.5, 0.6) is 0 Å². The van der Waals surface area contributed by atoms with E-state index < -0.39 is 0 Å². The van der Waals surface area contributed by atoms with Gasteiger partial charge in [0.25, 0.3) is 0 Å². The van der Waals surface area contributed by atoms with Crippen LogP contribution in [0, 0.1) is 0 Å². The molecule has 0 nitrogen and oxygen atoms in total. The fourth-order valence-electron chi connectivity index (χ4n) is 3.89. The first kappa shape index (κ1) is 13.4. The van der Waals surface area contributed by atoms with E-state index >= 15 is 0 Å². The molecule has 2 aromatic carbocycles.